The van der Waals surface area contributed by atoms with Crippen molar-refractivity contribution in [1.29, 1.82) is 5.26 Å². The van der Waals surface area contributed by atoms with Gasteiger partial charge in [0.2, 0.25) is 5.71 Å². The first-order chi connectivity index (χ1) is 38.5. The molecule has 12 rings (SSSR count). The molecule has 0 N–H and O–H groups in total. The van der Waals surface area contributed by atoms with Crippen molar-refractivity contribution in [1.82, 2.24) is 14.5 Å². The number of benzene rings is 8. The maximum absolute atomic E-state index is 13.7. The van der Waals surface area contributed by atoms with Crippen LogP contribution in [0.4, 0.5) is 21.5 Å². The minimum Gasteiger partial charge on any atom is -0.486 e. The van der Waals surface area contributed by atoms with E-state index < -0.39 is 13.3 Å². The van der Waals surface area contributed by atoms with Crippen LogP contribution >= 0.6 is 0 Å². The molecule has 0 bridgehead atoms. The Kier molecular flexibility index (Phi) is 16.2. The molecule has 10 heteroatoms. The number of anilines is 2. The number of hydrogen-bond donors (Lipinski definition) is 0. The summed E-state index contributed by atoms with van der Waals surface area (Å²) in [6.07, 6.45) is -0.259. The number of hydrogen-bond acceptors (Lipinski definition) is 5. The predicted octanol–water partition coefficient (Wildman–Crippen LogP) is 19.5. The summed E-state index contributed by atoms with van der Waals surface area (Å²) in [6, 6.07) is 66.6. The Hall–Kier alpha value is -7.61. The van der Waals surface area contributed by atoms with Crippen LogP contribution in [-0.4, -0.2) is 27.8 Å². The summed E-state index contributed by atoms with van der Waals surface area (Å²) >= 11 is -2.04. The molecule has 1 unspecified atom stereocenters. The smallest absolute Gasteiger partial charge is 0.486 e. The SMILES string of the molecule is CC(C)c1c[c]([Ge]([CH3])([CH3])[CH3])cc(C(C)C)c1N1c2ccccc2[N-]C1c1[c-]cc(F)cc1.CC(C)c1cc(-c2ccc(-c3ccccc3)cc2)cc(C(C)C)c1-n1c(-c2[c-]ccc3c2oc2nc(C#N)ccc23)nc2ccccc21.[Ir+3]. The fourth-order valence-electron chi connectivity index (χ4n) is 11.1. The van der Waals surface area contributed by atoms with Gasteiger partial charge in [-0.05, 0) is 81.6 Å². The molecular weight excluding hydrogens is 1240 g/mol. The van der Waals surface area contributed by atoms with Crippen molar-refractivity contribution in [2.24, 2.45) is 0 Å². The zero-order chi connectivity index (χ0) is 56.1. The molecule has 0 saturated carbocycles. The van der Waals surface area contributed by atoms with Crippen molar-refractivity contribution in [3.63, 3.8) is 0 Å². The van der Waals surface area contributed by atoms with Gasteiger partial charge in [0.05, 0.1) is 22.4 Å². The average Bonchev–Trinajstić information content (AvgIpc) is 3.43. The van der Waals surface area contributed by atoms with Gasteiger partial charge in [-0.25, -0.2) is 4.98 Å². The van der Waals surface area contributed by atoms with Gasteiger partial charge in [-0.3, -0.25) is 4.98 Å². The zero-order valence-electron chi connectivity index (χ0n) is 47.9. The summed E-state index contributed by atoms with van der Waals surface area (Å²) in [5, 5.41) is 16.3. The van der Waals surface area contributed by atoms with Crippen LogP contribution in [0, 0.1) is 29.3 Å². The molecule has 0 spiro atoms. The van der Waals surface area contributed by atoms with Crippen molar-refractivity contribution < 1.29 is 28.9 Å². The van der Waals surface area contributed by atoms with Crippen LogP contribution < -0.4 is 9.30 Å². The van der Waals surface area contributed by atoms with Crippen LogP contribution in [0.5, 0.6) is 0 Å². The molecule has 11 aromatic rings. The Morgan fingerprint density at radius 2 is 1.21 bits per heavy atom. The second kappa shape index (κ2) is 23.1. The van der Waals surface area contributed by atoms with Gasteiger partial charge in [-0.2, -0.15) is 5.26 Å². The van der Waals surface area contributed by atoms with Gasteiger partial charge in [0.25, 0.3) is 0 Å². The number of fused-ring (bicyclic) bond motifs is 5. The van der Waals surface area contributed by atoms with Crippen molar-refractivity contribution in [2.45, 2.75) is 102 Å². The normalized spacial score (nSPS) is 13.2. The van der Waals surface area contributed by atoms with Crippen LogP contribution in [0.25, 0.3) is 77.7 Å². The fourth-order valence-corrected chi connectivity index (χ4v) is 13.6. The van der Waals surface area contributed by atoms with E-state index in [1.54, 1.807) is 6.07 Å². The van der Waals surface area contributed by atoms with E-state index in [-0.39, 0.29) is 43.9 Å². The first-order valence-electron chi connectivity index (χ1n) is 27.9. The van der Waals surface area contributed by atoms with Gasteiger partial charge in [-0.1, -0.05) is 105 Å². The molecule has 1 aliphatic rings. The number of furan rings is 1. The number of pyridine rings is 1. The molecule has 8 aromatic carbocycles. The first-order valence-corrected chi connectivity index (χ1v) is 35.2. The fraction of sp³-hybridized carbons (Fsp3) is 0.225. The topological polar surface area (TPSA) is 85.0 Å². The number of aromatic nitrogens is 3. The number of para-hydroxylation sites is 4. The van der Waals surface area contributed by atoms with E-state index >= 15 is 0 Å². The quantitative estimate of drug-likeness (QED) is 0.0951. The summed E-state index contributed by atoms with van der Waals surface area (Å²) in [5.74, 6) is 9.06. The third-order valence-corrected chi connectivity index (χ3v) is 19.6. The predicted molar refractivity (Wildman–Crippen MR) is 331 cm³/mol. The molecule has 81 heavy (non-hydrogen) atoms. The summed E-state index contributed by atoms with van der Waals surface area (Å²) in [6.45, 7) is 18.1. The molecule has 0 radical (unpaired) electrons. The number of nitrogens with zero attached hydrogens (tertiary/aromatic N) is 6. The summed E-state index contributed by atoms with van der Waals surface area (Å²) in [4.78, 5) is 12.1. The number of nitriles is 1. The van der Waals surface area contributed by atoms with Gasteiger partial charge in [0.15, 0.2) is 0 Å². The molecule has 0 fully saturated rings. The van der Waals surface area contributed by atoms with E-state index in [4.69, 9.17) is 14.7 Å². The largest absolute Gasteiger partial charge is 3.00 e. The van der Waals surface area contributed by atoms with Crippen molar-refractivity contribution >= 4 is 67.8 Å². The minimum absolute atomic E-state index is 0. The maximum atomic E-state index is 13.7. The van der Waals surface area contributed by atoms with E-state index in [0.717, 1.165) is 55.8 Å². The number of rotatable bonds is 11. The maximum Gasteiger partial charge on any atom is 3.00 e. The van der Waals surface area contributed by atoms with Crippen molar-refractivity contribution in [3.05, 3.63) is 227 Å². The second-order valence-electron chi connectivity index (χ2n) is 23.3. The Morgan fingerprint density at radius 1 is 0.617 bits per heavy atom. The third-order valence-electron chi connectivity index (χ3n) is 15.4. The van der Waals surface area contributed by atoms with Crippen LogP contribution in [-0.2, 0) is 20.1 Å². The van der Waals surface area contributed by atoms with Crippen LogP contribution in [0.1, 0.15) is 119 Å². The van der Waals surface area contributed by atoms with Crippen LogP contribution in [0.2, 0.25) is 17.3 Å². The first kappa shape index (κ1) is 56.7. The number of halogens is 1. The molecule has 406 valence electrons. The van der Waals surface area contributed by atoms with E-state index in [0.29, 0.717) is 28.8 Å². The molecule has 4 heterocycles. The molecule has 7 nitrogen and oxygen atoms in total. The minimum atomic E-state index is -2.04. The Morgan fingerprint density at radius 3 is 1.83 bits per heavy atom. The van der Waals surface area contributed by atoms with Crippen LogP contribution in [0.15, 0.2) is 174 Å². The third kappa shape index (κ3) is 10.9. The average molecular weight is 1300 g/mol. The van der Waals surface area contributed by atoms with Crippen molar-refractivity contribution in [3.8, 4) is 45.4 Å². The molecule has 3 aromatic heterocycles. The monoisotopic (exact) mass is 1300 g/mol. The summed E-state index contributed by atoms with van der Waals surface area (Å²) in [5.41, 5.74) is 19.4. The Labute approximate surface area is 492 Å². The summed E-state index contributed by atoms with van der Waals surface area (Å²) in [7, 11) is 0. The molecule has 0 saturated heterocycles. The van der Waals surface area contributed by atoms with Gasteiger partial charge in [0.1, 0.15) is 11.8 Å². The molecule has 0 amide bonds. The van der Waals surface area contributed by atoms with Gasteiger partial charge in [0, 0.05) is 11.1 Å². The van der Waals surface area contributed by atoms with E-state index in [2.05, 4.69) is 215 Å². The number of imidazole rings is 1. The van der Waals surface area contributed by atoms with Crippen molar-refractivity contribution in [2.75, 3.05) is 4.90 Å². The Bertz CT molecular complexity index is 4070. The molecule has 1 aliphatic heterocycles. The summed E-state index contributed by atoms with van der Waals surface area (Å²) < 4.78 is 23.9. The van der Waals surface area contributed by atoms with Crippen LogP contribution in [0.3, 0.4) is 0 Å². The van der Waals surface area contributed by atoms with E-state index in [9.17, 15) is 9.65 Å². The molecular formula is C71H66FGeIrN6O. The molecule has 1 atom stereocenters. The van der Waals surface area contributed by atoms with Gasteiger partial charge < -0.3 is 8.98 Å². The van der Waals surface area contributed by atoms with E-state index in [1.807, 2.05) is 42.5 Å². The van der Waals surface area contributed by atoms with Gasteiger partial charge in [-0.15, -0.1) is 18.2 Å². The standard InChI is InChI=1S/C43H33N4O.C28H33FGeN2.Ir/c1-26(2)36-23-31(30-19-17-29(18-20-30)28-11-6-5-7-12-28)24-37(27(3)4)40(36)47-39-16-9-8-15-38(39)46-42(47)35-14-10-13-33-34-22-21-32(25-44)45-43(34)48-41(33)35;1-18(2)23-16-22(30(5,6)7)17-24(19(3)4)27(23)32-26-11-9-8-10-25(26)31-28(32)20-12-14-21(29)15-13-20;/h5-13,15-24,26-27H,1-4H3;8-12,14-19,28H,1-7H3;/q-1;-2;+3. The molecule has 0 aliphatic carbocycles. The second-order valence-corrected chi connectivity index (χ2v) is 33.9. The Balaban J connectivity index is 0.000000195. The van der Waals surface area contributed by atoms with Gasteiger partial charge >= 0.3 is 216 Å². The zero-order valence-corrected chi connectivity index (χ0v) is 52.3. The van der Waals surface area contributed by atoms with E-state index in [1.165, 1.54) is 66.7 Å².